The van der Waals surface area contributed by atoms with Crippen molar-refractivity contribution in [1.82, 2.24) is 15.5 Å². The van der Waals surface area contributed by atoms with Gasteiger partial charge in [0.1, 0.15) is 18.5 Å². The lowest BCUT2D eigenvalue weighted by atomic mass is 10.1. The summed E-state index contributed by atoms with van der Waals surface area (Å²) in [6.45, 7) is 4.62. The number of piperidine rings is 1. The van der Waals surface area contributed by atoms with Crippen LogP contribution in [0.25, 0.3) is 0 Å². The maximum absolute atomic E-state index is 10.1. The van der Waals surface area contributed by atoms with Gasteiger partial charge in [-0.3, -0.25) is 0 Å². The molecule has 1 aliphatic heterocycles. The maximum atomic E-state index is 10.1. The number of aliphatic hydroxyl groups excluding tert-OH is 1. The van der Waals surface area contributed by atoms with Gasteiger partial charge in [0.2, 0.25) is 0 Å². The highest BCUT2D eigenvalue weighted by atomic mass is 16.5. The number of aliphatic hydroxyl groups is 1. The number of hydrogen-bond acceptors (Lipinski definition) is 6. The number of para-hydroxylation sites is 1. The van der Waals surface area contributed by atoms with Crippen molar-refractivity contribution in [2.75, 3.05) is 31.1 Å². The van der Waals surface area contributed by atoms with Crippen molar-refractivity contribution in [2.45, 2.75) is 31.9 Å². The van der Waals surface area contributed by atoms with Crippen LogP contribution in [-0.4, -0.2) is 53.7 Å². The Morgan fingerprint density at radius 1 is 1.24 bits per heavy atom. The van der Waals surface area contributed by atoms with Gasteiger partial charge in [-0.05, 0) is 44.0 Å². The lowest BCUT2D eigenvalue weighted by Gasteiger charge is -2.34. The van der Waals surface area contributed by atoms with Crippen molar-refractivity contribution in [3.05, 3.63) is 48.2 Å². The molecular formula is C19H26N4O2. The van der Waals surface area contributed by atoms with Crippen molar-refractivity contribution < 1.29 is 9.84 Å². The van der Waals surface area contributed by atoms with Crippen LogP contribution in [0, 0.1) is 6.92 Å². The van der Waals surface area contributed by atoms with Gasteiger partial charge in [0.15, 0.2) is 5.82 Å². The van der Waals surface area contributed by atoms with E-state index in [1.807, 2.05) is 49.4 Å². The second kappa shape index (κ2) is 8.78. The first-order valence-corrected chi connectivity index (χ1v) is 8.85. The van der Waals surface area contributed by atoms with Gasteiger partial charge in [-0.25, -0.2) is 0 Å². The van der Waals surface area contributed by atoms with E-state index >= 15 is 0 Å². The summed E-state index contributed by atoms with van der Waals surface area (Å²) >= 11 is 0. The molecule has 1 aromatic carbocycles. The summed E-state index contributed by atoms with van der Waals surface area (Å²) in [5.41, 5.74) is 0.928. The third-order valence-electron chi connectivity index (χ3n) is 4.36. The van der Waals surface area contributed by atoms with Gasteiger partial charge in [0.05, 0.1) is 5.69 Å². The van der Waals surface area contributed by atoms with Crippen LogP contribution in [0.2, 0.25) is 0 Å². The normalized spacial score (nSPS) is 18.8. The first-order valence-electron chi connectivity index (χ1n) is 8.85. The Balaban J connectivity index is 1.42. The zero-order chi connectivity index (χ0) is 17.5. The summed E-state index contributed by atoms with van der Waals surface area (Å²) in [4.78, 5) is 2.25. The van der Waals surface area contributed by atoms with Crippen LogP contribution in [0.3, 0.4) is 0 Å². The van der Waals surface area contributed by atoms with Gasteiger partial charge in [-0.2, -0.15) is 5.10 Å². The largest absolute Gasteiger partial charge is 0.491 e. The molecule has 134 valence electrons. The van der Waals surface area contributed by atoms with Crippen LogP contribution >= 0.6 is 0 Å². The molecule has 2 heterocycles. The van der Waals surface area contributed by atoms with Gasteiger partial charge in [0, 0.05) is 25.7 Å². The van der Waals surface area contributed by atoms with Crippen LogP contribution in [0.4, 0.5) is 5.82 Å². The molecule has 0 spiro atoms. The van der Waals surface area contributed by atoms with E-state index in [2.05, 4.69) is 20.4 Å². The minimum absolute atomic E-state index is 0.289. The quantitative estimate of drug-likeness (QED) is 0.799. The summed E-state index contributed by atoms with van der Waals surface area (Å²) in [5, 5.41) is 22.0. The number of benzene rings is 1. The zero-order valence-electron chi connectivity index (χ0n) is 14.6. The van der Waals surface area contributed by atoms with Crippen LogP contribution in [0.1, 0.15) is 18.5 Å². The second-order valence-electron chi connectivity index (χ2n) is 6.50. The lowest BCUT2D eigenvalue weighted by Crippen LogP contribution is -2.48. The summed E-state index contributed by atoms with van der Waals surface area (Å²) < 4.78 is 5.59. The molecule has 1 saturated heterocycles. The number of rotatable bonds is 7. The van der Waals surface area contributed by atoms with Gasteiger partial charge in [-0.1, -0.05) is 18.2 Å². The van der Waals surface area contributed by atoms with E-state index in [4.69, 9.17) is 4.74 Å². The fraction of sp³-hybridized carbons (Fsp3) is 0.474. The first kappa shape index (κ1) is 17.6. The SMILES string of the molecule is Cc1ccc(N2CCC[C@@H](NC[C@H](O)COc3ccccc3)C2)nn1. The van der Waals surface area contributed by atoms with Crippen LogP contribution in [0.15, 0.2) is 42.5 Å². The Morgan fingerprint density at radius 3 is 2.84 bits per heavy atom. The number of nitrogens with one attached hydrogen (secondary N) is 1. The minimum Gasteiger partial charge on any atom is -0.491 e. The van der Waals surface area contributed by atoms with Gasteiger partial charge < -0.3 is 20.1 Å². The number of hydrogen-bond donors (Lipinski definition) is 2. The molecule has 1 aromatic heterocycles. The molecule has 0 aliphatic carbocycles. The van der Waals surface area contributed by atoms with Crippen LogP contribution < -0.4 is 15.0 Å². The van der Waals surface area contributed by atoms with Crippen molar-refractivity contribution >= 4 is 5.82 Å². The Morgan fingerprint density at radius 2 is 2.08 bits per heavy atom. The third kappa shape index (κ3) is 5.41. The lowest BCUT2D eigenvalue weighted by molar-refractivity contribution is 0.103. The van der Waals surface area contributed by atoms with E-state index in [1.165, 1.54) is 0 Å². The molecule has 0 amide bonds. The Labute approximate surface area is 148 Å². The Bertz CT molecular complexity index is 636. The summed E-state index contributed by atoms with van der Waals surface area (Å²) in [5.74, 6) is 1.70. The predicted octanol–water partition coefficient (Wildman–Crippen LogP) is 1.78. The van der Waals surface area contributed by atoms with Gasteiger partial charge in [-0.15, -0.1) is 5.10 Å². The van der Waals surface area contributed by atoms with E-state index in [1.54, 1.807) is 0 Å². The van der Waals surface area contributed by atoms with Crippen LogP contribution in [-0.2, 0) is 0 Å². The van der Waals surface area contributed by atoms with Crippen LogP contribution in [0.5, 0.6) is 5.75 Å². The molecular weight excluding hydrogens is 316 g/mol. The fourth-order valence-electron chi connectivity index (χ4n) is 2.98. The van der Waals surface area contributed by atoms with E-state index in [0.717, 1.165) is 43.2 Å². The van der Waals surface area contributed by atoms with Crippen molar-refractivity contribution in [3.63, 3.8) is 0 Å². The Kier molecular flexibility index (Phi) is 6.19. The predicted molar refractivity (Wildman–Crippen MR) is 98.0 cm³/mol. The van der Waals surface area contributed by atoms with E-state index < -0.39 is 6.10 Å². The molecule has 0 bridgehead atoms. The molecule has 0 radical (unpaired) electrons. The molecule has 6 nitrogen and oxygen atoms in total. The number of aryl methyl sites for hydroxylation is 1. The number of anilines is 1. The second-order valence-corrected chi connectivity index (χ2v) is 6.50. The van der Waals surface area contributed by atoms with Crippen molar-refractivity contribution in [1.29, 1.82) is 0 Å². The summed E-state index contributed by atoms with van der Waals surface area (Å²) in [6, 6.07) is 13.9. The highest BCUT2D eigenvalue weighted by Crippen LogP contribution is 2.17. The zero-order valence-corrected chi connectivity index (χ0v) is 14.6. The number of aromatic nitrogens is 2. The summed E-state index contributed by atoms with van der Waals surface area (Å²) in [7, 11) is 0. The standard InChI is InChI=1S/C19H26N4O2/c1-15-9-10-19(22-21-15)23-11-5-6-16(13-23)20-12-17(24)14-25-18-7-3-2-4-8-18/h2-4,7-10,16-17,20,24H,5-6,11-14H2,1H3/t16-,17+/m1/s1. The molecule has 2 aromatic rings. The molecule has 25 heavy (non-hydrogen) atoms. The first-order chi connectivity index (χ1) is 12.2. The number of nitrogens with zero attached hydrogens (tertiary/aromatic N) is 3. The average Bonchev–Trinajstić information content (AvgIpc) is 2.66. The van der Waals surface area contributed by atoms with E-state index in [9.17, 15) is 5.11 Å². The average molecular weight is 342 g/mol. The highest BCUT2D eigenvalue weighted by Gasteiger charge is 2.21. The Hall–Kier alpha value is -2.18. The summed E-state index contributed by atoms with van der Waals surface area (Å²) in [6.07, 6.45) is 1.67. The van der Waals surface area contributed by atoms with Crippen molar-refractivity contribution in [3.8, 4) is 5.75 Å². The third-order valence-corrected chi connectivity index (χ3v) is 4.36. The van der Waals surface area contributed by atoms with E-state index in [-0.39, 0.29) is 6.61 Å². The molecule has 2 N–H and O–H groups in total. The highest BCUT2D eigenvalue weighted by molar-refractivity contribution is 5.38. The van der Waals surface area contributed by atoms with Gasteiger partial charge in [0.25, 0.3) is 0 Å². The van der Waals surface area contributed by atoms with E-state index in [0.29, 0.717) is 12.6 Å². The topological polar surface area (TPSA) is 70.5 Å². The number of ether oxygens (including phenoxy) is 1. The maximum Gasteiger partial charge on any atom is 0.151 e. The molecule has 6 heteroatoms. The van der Waals surface area contributed by atoms with Gasteiger partial charge >= 0.3 is 0 Å². The molecule has 1 fully saturated rings. The fourth-order valence-corrected chi connectivity index (χ4v) is 2.98. The molecule has 0 unspecified atom stereocenters. The molecule has 2 atom stereocenters. The molecule has 3 rings (SSSR count). The molecule has 1 aliphatic rings. The minimum atomic E-state index is -0.533. The van der Waals surface area contributed by atoms with Crippen molar-refractivity contribution in [2.24, 2.45) is 0 Å². The monoisotopic (exact) mass is 342 g/mol. The smallest absolute Gasteiger partial charge is 0.151 e. The molecule has 0 saturated carbocycles.